The number of esters is 1. The van der Waals surface area contributed by atoms with Crippen LogP contribution in [-0.4, -0.2) is 82.5 Å². The lowest BCUT2D eigenvalue weighted by atomic mass is 9.98. The Hall–Kier alpha value is -4.29. The Morgan fingerprint density at radius 3 is 1.83 bits per heavy atom. The second-order valence-electron chi connectivity index (χ2n) is 9.57. The Morgan fingerprint density at radius 2 is 1.22 bits per heavy atom. The Morgan fingerprint density at radius 1 is 0.683 bits per heavy atom. The molecule has 0 aliphatic heterocycles. The van der Waals surface area contributed by atoms with Crippen LogP contribution < -0.4 is 10.6 Å². The zero-order chi connectivity index (χ0) is 29.4. The number of nitrogens with one attached hydrogen (secondary N) is 2. The third-order valence-corrected chi connectivity index (χ3v) is 6.76. The molecule has 3 aromatic carbocycles. The molecule has 0 heterocycles. The molecule has 11 nitrogen and oxygen atoms in total. The first-order valence-electron chi connectivity index (χ1n) is 13.1. The van der Waals surface area contributed by atoms with Crippen LogP contribution in [0.2, 0.25) is 0 Å². The largest absolute Gasteiger partial charge is 0.459 e. The summed E-state index contributed by atoms with van der Waals surface area (Å²) in [5.41, 5.74) is 4.91. The highest BCUT2D eigenvalue weighted by Gasteiger charge is 2.32. The molecule has 0 unspecified atom stereocenters. The van der Waals surface area contributed by atoms with Crippen LogP contribution >= 0.6 is 0 Å². The number of carbonyl (C=O) groups is 3. The predicted octanol–water partition coefficient (Wildman–Crippen LogP) is 0.828. The molecule has 0 fully saturated rings. The summed E-state index contributed by atoms with van der Waals surface area (Å²) in [5.74, 6) is -2.51. The normalized spacial score (nSPS) is 15.0. The van der Waals surface area contributed by atoms with Gasteiger partial charge in [0.25, 0.3) is 5.91 Å². The number of aliphatic hydroxyl groups is 4. The summed E-state index contributed by atoms with van der Waals surface area (Å²) in [6, 6.07) is 24.4. The van der Waals surface area contributed by atoms with Crippen LogP contribution in [0, 0.1) is 0 Å². The molecule has 0 saturated carbocycles. The number of fused-ring (bicyclic) bond motifs is 3. The van der Waals surface area contributed by atoms with Gasteiger partial charge in [0.2, 0.25) is 0 Å². The number of hydrogen-bond donors (Lipinski definition) is 6. The summed E-state index contributed by atoms with van der Waals surface area (Å²) in [7, 11) is 0. The number of amides is 2. The fraction of sp³-hybridized carbons (Fsp3) is 0.300. The third kappa shape index (κ3) is 7.47. The van der Waals surface area contributed by atoms with Crippen LogP contribution in [0.5, 0.6) is 0 Å². The van der Waals surface area contributed by atoms with Crippen molar-refractivity contribution >= 4 is 18.0 Å². The van der Waals surface area contributed by atoms with E-state index in [-0.39, 0.29) is 25.7 Å². The molecule has 216 valence electrons. The summed E-state index contributed by atoms with van der Waals surface area (Å²) >= 11 is 0. The number of rotatable bonds is 12. The standard InChI is InChI=1S/C30H32N2O9/c33-24(14-31-28(37)26(35)27(36)29(38)40-16-18-8-2-1-3-9-18)25(34)15-32-30(39)41-17-23-21-12-6-4-10-19(21)20-11-5-7-13-22(20)23/h1-13,23-27,33-36H,14-17H2,(H,31,37)(H,32,39)/t24-,25-,26+,27+/m0/s1. The van der Waals surface area contributed by atoms with Crippen LogP contribution in [-0.2, 0) is 25.7 Å². The van der Waals surface area contributed by atoms with Gasteiger partial charge in [-0.2, -0.15) is 0 Å². The van der Waals surface area contributed by atoms with E-state index < -0.39 is 48.9 Å². The van der Waals surface area contributed by atoms with Crippen molar-refractivity contribution in [2.45, 2.75) is 36.9 Å². The monoisotopic (exact) mass is 564 g/mol. The molecular weight excluding hydrogens is 532 g/mol. The molecule has 4 rings (SSSR count). The van der Waals surface area contributed by atoms with Gasteiger partial charge in [-0.15, -0.1) is 0 Å². The lowest BCUT2D eigenvalue weighted by Crippen LogP contribution is -2.50. The van der Waals surface area contributed by atoms with Crippen LogP contribution in [0.25, 0.3) is 11.1 Å². The van der Waals surface area contributed by atoms with E-state index in [2.05, 4.69) is 10.6 Å². The van der Waals surface area contributed by atoms with Crippen molar-refractivity contribution in [3.05, 3.63) is 95.6 Å². The maximum atomic E-state index is 12.3. The van der Waals surface area contributed by atoms with Gasteiger partial charge in [0.1, 0.15) is 13.2 Å². The number of carbonyl (C=O) groups excluding carboxylic acids is 3. The Kier molecular flexibility index (Phi) is 10.0. The molecule has 0 aromatic heterocycles. The summed E-state index contributed by atoms with van der Waals surface area (Å²) in [6.45, 7) is -1.00. The van der Waals surface area contributed by atoms with Crippen molar-refractivity contribution in [1.29, 1.82) is 0 Å². The minimum absolute atomic E-state index is 0.0720. The Labute approximate surface area is 236 Å². The van der Waals surface area contributed by atoms with E-state index in [1.165, 1.54) is 0 Å². The molecule has 1 aliphatic rings. The fourth-order valence-corrected chi connectivity index (χ4v) is 4.51. The van der Waals surface area contributed by atoms with Gasteiger partial charge in [-0.05, 0) is 27.8 Å². The number of ether oxygens (including phenoxy) is 2. The first-order chi connectivity index (χ1) is 19.8. The molecule has 3 aromatic rings. The first-order valence-corrected chi connectivity index (χ1v) is 13.1. The van der Waals surface area contributed by atoms with E-state index in [9.17, 15) is 34.8 Å². The minimum Gasteiger partial charge on any atom is -0.459 e. The quantitative estimate of drug-likeness (QED) is 0.174. The van der Waals surface area contributed by atoms with E-state index in [4.69, 9.17) is 9.47 Å². The van der Waals surface area contributed by atoms with Gasteiger partial charge in [-0.1, -0.05) is 78.9 Å². The smallest absolute Gasteiger partial charge is 0.407 e. The molecule has 4 atom stereocenters. The van der Waals surface area contributed by atoms with Gasteiger partial charge in [0.15, 0.2) is 12.2 Å². The molecular formula is C30H32N2O9. The van der Waals surface area contributed by atoms with Gasteiger partial charge in [0, 0.05) is 19.0 Å². The first kappa shape index (κ1) is 29.7. The van der Waals surface area contributed by atoms with Crippen LogP contribution in [0.1, 0.15) is 22.6 Å². The lowest BCUT2D eigenvalue weighted by molar-refractivity contribution is -0.165. The summed E-state index contributed by atoms with van der Waals surface area (Å²) in [6.07, 6.45) is -8.15. The van der Waals surface area contributed by atoms with Gasteiger partial charge in [-0.25, -0.2) is 9.59 Å². The molecule has 0 radical (unpaired) electrons. The minimum atomic E-state index is -2.17. The number of aliphatic hydroxyl groups excluding tert-OH is 4. The highest BCUT2D eigenvalue weighted by Crippen LogP contribution is 2.44. The molecule has 11 heteroatoms. The van der Waals surface area contributed by atoms with Gasteiger partial charge in [-0.3, -0.25) is 4.79 Å². The number of benzene rings is 3. The molecule has 0 bridgehead atoms. The topological polar surface area (TPSA) is 175 Å². The molecule has 2 amide bonds. The molecule has 0 spiro atoms. The SMILES string of the molecule is O=C(NC[C@H](O)[C@@H](O)CNC(=O)[C@H](O)[C@@H](O)C(=O)OCc1ccccc1)OCC1c2ccccc2-c2ccccc21. The van der Waals surface area contributed by atoms with E-state index in [0.717, 1.165) is 22.3 Å². The van der Waals surface area contributed by atoms with Gasteiger partial charge >= 0.3 is 12.1 Å². The van der Waals surface area contributed by atoms with Crippen molar-refractivity contribution in [3.8, 4) is 11.1 Å². The van der Waals surface area contributed by atoms with Gasteiger partial charge in [0.05, 0.1) is 12.2 Å². The van der Waals surface area contributed by atoms with E-state index in [0.29, 0.717) is 5.56 Å². The lowest BCUT2D eigenvalue weighted by Gasteiger charge is -2.21. The number of hydrogen-bond acceptors (Lipinski definition) is 9. The maximum Gasteiger partial charge on any atom is 0.407 e. The molecule has 1 aliphatic carbocycles. The average Bonchev–Trinajstić information content (AvgIpc) is 3.33. The summed E-state index contributed by atoms with van der Waals surface area (Å²) in [4.78, 5) is 36.4. The highest BCUT2D eigenvalue weighted by molar-refractivity contribution is 5.88. The molecule has 0 saturated heterocycles. The van der Waals surface area contributed by atoms with E-state index in [1.54, 1.807) is 30.3 Å². The third-order valence-electron chi connectivity index (χ3n) is 6.76. The molecule has 6 N–H and O–H groups in total. The van der Waals surface area contributed by atoms with Crippen LogP contribution in [0.4, 0.5) is 4.79 Å². The van der Waals surface area contributed by atoms with Crippen LogP contribution in [0.15, 0.2) is 78.9 Å². The zero-order valence-electron chi connectivity index (χ0n) is 22.1. The highest BCUT2D eigenvalue weighted by atomic mass is 16.6. The van der Waals surface area contributed by atoms with Crippen molar-refractivity contribution < 1.29 is 44.3 Å². The van der Waals surface area contributed by atoms with Gasteiger partial charge < -0.3 is 40.5 Å². The second kappa shape index (κ2) is 13.9. The zero-order valence-corrected chi connectivity index (χ0v) is 22.1. The van der Waals surface area contributed by atoms with Crippen molar-refractivity contribution in [1.82, 2.24) is 10.6 Å². The van der Waals surface area contributed by atoms with Crippen molar-refractivity contribution in [3.63, 3.8) is 0 Å². The number of alkyl carbamates (subject to hydrolysis) is 1. The maximum absolute atomic E-state index is 12.3. The average molecular weight is 565 g/mol. The second-order valence-corrected chi connectivity index (χ2v) is 9.57. The predicted molar refractivity (Wildman–Crippen MR) is 146 cm³/mol. The Bertz CT molecular complexity index is 1310. The Balaban J connectivity index is 1.17. The molecule has 41 heavy (non-hydrogen) atoms. The summed E-state index contributed by atoms with van der Waals surface area (Å²) in [5, 5.41) is 44.7. The van der Waals surface area contributed by atoms with Crippen molar-refractivity contribution in [2.75, 3.05) is 19.7 Å². The summed E-state index contributed by atoms with van der Waals surface area (Å²) < 4.78 is 10.3. The van der Waals surface area contributed by atoms with Crippen LogP contribution in [0.3, 0.4) is 0 Å². The van der Waals surface area contributed by atoms with Crippen molar-refractivity contribution in [2.24, 2.45) is 0 Å². The van der Waals surface area contributed by atoms with E-state index >= 15 is 0 Å². The fourth-order valence-electron chi connectivity index (χ4n) is 4.51. The van der Waals surface area contributed by atoms with E-state index in [1.807, 2.05) is 48.5 Å².